The molecule has 0 amide bonds. The number of nitrogens with zero attached hydrogens (tertiary/aromatic N) is 1. The molecule has 0 aromatic heterocycles. The summed E-state index contributed by atoms with van der Waals surface area (Å²) in [6.45, 7) is 6.30. The number of rotatable bonds is 6. The minimum Gasteiger partial charge on any atom is -0.497 e. The van der Waals surface area contributed by atoms with Gasteiger partial charge in [0, 0.05) is 4.47 Å². The first-order chi connectivity index (χ1) is 11.7. The van der Waals surface area contributed by atoms with Gasteiger partial charge >= 0.3 is 0 Å². The molecule has 2 aliphatic rings. The molecule has 2 aliphatic heterocycles. The largest absolute Gasteiger partial charge is 0.497 e. The second-order valence-electron chi connectivity index (χ2n) is 7.43. The van der Waals surface area contributed by atoms with Gasteiger partial charge in [0.15, 0.2) is 0 Å². The van der Waals surface area contributed by atoms with Gasteiger partial charge in [0.2, 0.25) is 0 Å². The SMILES string of the molecule is COc1ccc(Br)c(CC2CCN(CCC3CCNCC3)CC2)c1.Cl.Cl. The number of piperidine rings is 2. The Bertz CT molecular complexity index is 519. The second kappa shape index (κ2) is 12.5. The summed E-state index contributed by atoms with van der Waals surface area (Å²) in [7, 11) is 1.74. The van der Waals surface area contributed by atoms with E-state index in [0.29, 0.717) is 0 Å². The molecular weight excluding hydrogens is 435 g/mol. The Kier molecular flexibility index (Phi) is 11.5. The van der Waals surface area contributed by atoms with Crippen molar-refractivity contribution in [2.24, 2.45) is 11.8 Å². The van der Waals surface area contributed by atoms with E-state index in [0.717, 1.165) is 17.6 Å². The second-order valence-corrected chi connectivity index (χ2v) is 8.28. The number of hydrogen-bond donors (Lipinski definition) is 1. The molecule has 1 aromatic rings. The highest BCUT2D eigenvalue weighted by Crippen LogP contribution is 2.29. The van der Waals surface area contributed by atoms with Crippen LogP contribution in [0.1, 0.15) is 37.7 Å². The van der Waals surface area contributed by atoms with E-state index in [-0.39, 0.29) is 24.8 Å². The zero-order valence-corrected chi connectivity index (χ0v) is 18.9. The highest BCUT2D eigenvalue weighted by molar-refractivity contribution is 9.10. The van der Waals surface area contributed by atoms with Gasteiger partial charge in [0.25, 0.3) is 0 Å². The smallest absolute Gasteiger partial charge is 0.119 e. The Hall–Kier alpha value is -0.000000000000000111. The molecule has 26 heavy (non-hydrogen) atoms. The monoisotopic (exact) mass is 466 g/mol. The topological polar surface area (TPSA) is 24.5 Å². The molecule has 0 spiro atoms. The van der Waals surface area contributed by atoms with E-state index in [4.69, 9.17) is 4.74 Å². The maximum atomic E-state index is 5.37. The summed E-state index contributed by atoms with van der Waals surface area (Å²) in [5.41, 5.74) is 1.39. The van der Waals surface area contributed by atoms with E-state index in [1.807, 2.05) is 6.07 Å². The molecule has 0 atom stereocenters. The van der Waals surface area contributed by atoms with Gasteiger partial charge in [-0.1, -0.05) is 15.9 Å². The molecule has 6 heteroatoms. The van der Waals surface area contributed by atoms with Crippen LogP contribution in [-0.4, -0.2) is 44.7 Å². The first-order valence-electron chi connectivity index (χ1n) is 9.50. The standard InChI is InChI=1S/C20H31BrN2O.2ClH/c1-24-19-2-3-20(21)18(15-19)14-17-7-12-23(13-8-17)11-6-16-4-9-22-10-5-16;;/h2-3,15-17,22H,4-14H2,1H3;2*1H. The van der Waals surface area contributed by atoms with Crippen LogP contribution in [0.2, 0.25) is 0 Å². The summed E-state index contributed by atoms with van der Waals surface area (Å²) in [5.74, 6) is 2.73. The lowest BCUT2D eigenvalue weighted by atomic mass is 9.89. The van der Waals surface area contributed by atoms with Crippen LogP contribution >= 0.6 is 40.7 Å². The van der Waals surface area contributed by atoms with Gasteiger partial charge in [0.05, 0.1) is 7.11 Å². The average molecular weight is 468 g/mol. The van der Waals surface area contributed by atoms with Crippen molar-refractivity contribution in [3.63, 3.8) is 0 Å². The van der Waals surface area contributed by atoms with E-state index in [2.05, 4.69) is 38.3 Å². The van der Waals surface area contributed by atoms with E-state index >= 15 is 0 Å². The highest BCUT2D eigenvalue weighted by Gasteiger charge is 2.21. The maximum absolute atomic E-state index is 5.37. The third kappa shape index (κ3) is 7.20. The number of likely N-dealkylation sites (tertiary alicyclic amines) is 1. The molecule has 3 rings (SSSR count). The number of ether oxygens (including phenoxy) is 1. The summed E-state index contributed by atoms with van der Waals surface area (Å²) in [6.07, 6.45) is 7.97. The lowest BCUT2D eigenvalue weighted by molar-refractivity contribution is 0.168. The molecular formula is C20H33BrCl2N2O. The molecule has 0 bridgehead atoms. The van der Waals surface area contributed by atoms with Crippen molar-refractivity contribution in [2.75, 3.05) is 39.8 Å². The van der Waals surface area contributed by atoms with Crippen molar-refractivity contribution in [2.45, 2.75) is 38.5 Å². The summed E-state index contributed by atoms with van der Waals surface area (Å²) in [5, 5.41) is 3.47. The molecule has 150 valence electrons. The summed E-state index contributed by atoms with van der Waals surface area (Å²) in [6, 6.07) is 6.33. The zero-order chi connectivity index (χ0) is 16.8. The summed E-state index contributed by atoms with van der Waals surface area (Å²) in [4.78, 5) is 2.69. The average Bonchev–Trinajstić information content (AvgIpc) is 2.64. The fraction of sp³-hybridized carbons (Fsp3) is 0.700. The van der Waals surface area contributed by atoms with Crippen molar-refractivity contribution in [1.29, 1.82) is 0 Å². The van der Waals surface area contributed by atoms with Gasteiger partial charge in [-0.05, 0) is 107 Å². The lowest BCUT2D eigenvalue weighted by Crippen LogP contribution is -2.36. The Balaban J connectivity index is 0.00000169. The van der Waals surface area contributed by atoms with Crippen LogP contribution in [0.4, 0.5) is 0 Å². The number of hydrogen-bond acceptors (Lipinski definition) is 3. The minimum absolute atomic E-state index is 0. The molecule has 3 nitrogen and oxygen atoms in total. The first kappa shape index (κ1) is 24.0. The third-order valence-electron chi connectivity index (χ3n) is 5.78. The van der Waals surface area contributed by atoms with E-state index < -0.39 is 0 Å². The van der Waals surface area contributed by atoms with Crippen LogP contribution in [0.15, 0.2) is 22.7 Å². The van der Waals surface area contributed by atoms with Crippen LogP contribution in [-0.2, 0) is 6.42 Å². The predicted molar refractivity (Wildman–Crippen MR) is 118 cm³/mol. The number of methoxy groups -OCH3 is 1. The zero-order valence-electron chi connectivity index (χ0n) is 15.7. The minimum atomic E-state index is 0. The van der Waals surface area contributed by atoms with Gasteiger partial charge in [0.1, 0.15) is 5.75 Å². The van der Waals surface area contributed by atoms with Crippen molar-refractivity contribution < 1.29 is 4.74 Å². The normalized spacial score (nSPS) is 19.5. The van der Waals surface area contributed by atoms with Crippen LogP contribution in [0.3, 0.4) is 0 Å². The molecule has 2 fully saturated rings. The van der Waals surface area contributed by atoms with Crippen LogP contribution in [0.5, 0.6) is 5.75 Å². The van der Waals surface area contributed by atoms with Crippen LogP contribution < -0.4 is 10.1 Å². The van der Waals surface area contributed by atoms with Gasteiger partial charge in [-0.25, -0.2) is 0 Å². The summed E-state index contributed by atoms with van der Waals surface area (Å²) >= 11 is 3.70. The Morgan fingerprint density at radius 1 is 1.08 bits per heavy atom. The predicted octanol–water partition coefficient (Wildman–Crippen LogP) is 4.95. The molecule has 1 N–H and O–H groups in total. The fourth-order valence-corrected chi connectivity index (χ4v) is 4.50. The molecule has 1 aromatic carbocycles. The quantitative estimate of drug-likeness (QED) is 0.640. The molecule has 2 heterocycles. The van der Waals surface area contributed by atoms with Crippen molar-refractivity contribution in [3.8, 4) is 5.75 Å². The Morgan fingerprint density at radius 3 is 2.42 bits per heavy atom. The number of nitrogens with one attached hydrogen (secondary N) is 1. The number of benzene rings is 1. The van der Waals surface area contributed by atoms with Gasteiger partial charge in [-0.15, -0.1) is 24.8 Å². The maximum Gasteiger partial charge on any atom is 0.119 e. The summed E-state index contributed by atoms with van der Waals surface area (Å²) < 4.78 is 6.59. The van der Waals surface area contributed by atoms with E-state index in [1.165, 1.54) is 81.3 Å². The highest BCUT2D eigenvalue weighted by atomic mass is 79.9. The van der Waals surface area contributed by atoms with Crippen molar-refractivity contribution >= 4 is 40.7 Å². The molecule has 0 radical (unpaired) electrons. The molecule has 0 aliphatic carbocycles. The van der Waals surface area contributed by atoms with E-state index in [9.17, 15) is 0 Å². The Morgan fingerprint density at radius 2 is 1.77 bits per heavy atom. The lowest BCUT2D eigenvalue weighted by Gasteiger charge is -2.33. The number of halogens is 3. The van der Waals surface area contributed by atoms with Crippen LogP contribution in [0, 0.1) is 11.8 Å². The fourth-order valence-electron chi connectivity index (χ4n) is 4.10. The first-order valence-corrected chi connectivity index (χ1v) is 10.3. The van der Waals surface area contributed by atoms with Crippen molar-refractivity contribution in [3.05, 3.63) is 28.2 Å². The van der Waals surface area contributed by atoms with Gasteiger partial charge < -0.3 is 15.0 Å². The van der Waals surface area contributed by atoms with Crippen LogP contribution in [0.25, 0.3) is 0 Å². The van der Waals surface area contributed by atoms with Gasteiger partial charge in [-0.2, -0.15) is 0 Å². The molecule has 0 unspecified atom stereocenters. The van der Waals surface area contributed by atoms with Crippen molar-refractivity contribution in [1.82, 2.24) is 10.2 Å². The third-order valence-corrected chi connectivity index (χ3v) is 6.55. The molecule has 2 saturated heterocycles. The van der Waals surface area contributed by atoms with Gasteiger partial charge in [-0.3, -0.25) is 0 Å². The molecule has 0 saturated carbocycles. The Labute approximate surface area is 179 Å². The van der Waals surface area contributed by atoms with E-state index in [1.54, 1.807) is 7.11 Å².